The van der Waals surface area contributed by atoms with Gasteiger partial charge in [0.1, 0.15) is 11.5 Å². The van der Waals surface area contributed by atoms with Gasteiger partial charge in [-0.15, -0.1) is 0 Å². The lowest BCUT2D eigenvalue weighted by molar-refractivity contribution is -0.384. The lowest BCUT2D eigenvalue weighted by Crippen LogP contribution is -2.17. The highest BCUT2D eigenvalue weighted by molar-refractivity contribution is 6.30. The minimum absolute atomic E-state index is 0.0887. The van der Waals surface area contributed by atoms with E-state index in [0.29, 0.717) is 16.5 Å². The second-order valence-electron chi connectivity index (χ2n) is 5.22. The Morgan fingerprint density at radius 3 is 2.62 bits per heavy atom. The summed E-state index contributed by atoms with van der Waals surface area (Å²) in [5.41, 5.74) is 3.33. The molecule has 0 atom stereocenters. The number of halogens is 1. The van der Waals surface area contributed by atoms with Crippen molar-refractivity contribution in [3.63, 3.8) is 0 Å². The molecule has 3 aromatic rings. The van der Waals surface area contributed by atoms with Crippen LogP contribution >= 0.6 is 11.6 Å². The Morgan fingerprint density at radius 1 is 1.15 bits per heavy atom. The number of non-ortho nitro benzene ring substituents is 1. The molecule has 130 valence electrons. The van der Waals surface area contributed by atoms with Crippen LogP contribution in [-0.4, -0.2) is 17.0 Å². The minimum Gasteiger partial charge on any atom is -0.455 e. The highest BCUT2D eigenvalue weighted by Gasteiger charge is 2.09. The number of benzene rings is 2. The maximum absolute atomic E-state index is 11.9. The average Bonchev–Trinajstić information content (AvgIpc) is 3.10. The second kappa shape index (κ2) is 7.62. The highest BCUT2D eigenvalue weighted by Crippen LogP contribution is 2.24. The zero-order valence-electron chi connectivity index (χ0n) is 13.3. The summed E-state index contributed by atoms with van der Waals surface area (Å²) in [6.45, 7) is 0. The normalized spacial score (nSPS) is 10.8. The van der Waals surface area contributed by atoms with E-state index >= 15 is 0 Å². The Kier molecular flexibility index (Phi) is 5.09. The molecule has 0 saturated carbocycles. The molecule has 8 heteroatoms. The number of nitrogens with one attached hydrogen (secondary N) is 1. The first-order chi connectivity index (χ1) is 12.5. The molecule has 1 heterocycles. The molecule has 2 aromatic carbocycles. The number of nitro groups is 1. The number of furan rings is 1. The van der Waals surface area contributed by atoms with Crippen LogP contribution in [0.5, 0.6) is 0 Å². The van der Waals surface area contributed by atoms with Crippen LogP contribution in [0.25, 0.3) is 11.3 Å². The summed E-state index contributed by atoms with van der Waals surface area (Å²) in [5, 5.41) is 15.0. The van der Waals surface area contributed by atoms with E-state index in [9.17, 15) is 14.9 Å². The summed E-state index contributed by atoms with van der Waals surface area (Å²) in [4.78, 5) is 22.0. The van der Waals surface area contributed by atoms with Crippen molar-refractivity contribution in [2.75, 3.05) is 0 Å². The summed E-state index contributed by atoms with van der Waals surface area (Å²) in [6.07, 6.45) is 1.36. The maximum atomic E-state index is 11.9. The summed E-state index contributed by atoms with van der Waals surface area (Å²) >= 11 is 5.95. The van der Waals surface area contributed by atoms with E-state index in [4.69, 9.17) is 16.0 Å². The van der Waals surface area contributed by atoms with Crippen LogP contribution in [0.4, 0.5) is 5.69 Å². The number of nitro benzene ring substituents is 1. The lowest BCUT2D eigenvalue weighted by atomic mass is 10.2. The van der Waals surface area contributed by atoms with Gasteiger partial charge >= 0.3 is 0 Å². The predicted octanol–water partition coefficient (Wildman–Crippen LogP) is 4.27. The molecule has 7 nitrogen and oxygen atoms in total. The summed E-state index contributed by atoms with van der Waals surface area (Å²) in [7, 11) is 0. The van der Waals surface area contributed by atoms with Gasteiger partial charge in [0.15, 0.2) is 0 Å². The van der Waals surface area contributed by atoms with E-state index in [1.165, 1.54) is 30.5 Å². The number of hydrazone groups is 1. The van der Waals surface area contributed by atoms with Gasteiger partial charge in [-0.25, -0.2) is 5.43 Å². The topological polar surface area (TPSA) is 97.7 Å². The fraction of sp³-hybridized carbons (Fsp3) is 0. The van der Waals surface area contributed by atoms with Crippen LogP contribution in [0.15, 0.2) is 70.2 Å². The van der Waals surface area contributed by atoms with Crippen molar-refractivity contribution in [2.24, 2.45) is 5.10 Å². The zero-order chi connectivity index (χ0) is 18.5. The highest BCUT2D eigenvalue weighted by atomic mass is 35.5. The van der Waals surface area contributed by atoms with Gasteiger partial charge in [0.2, 0.25) is 0 Å². The Labute approximate surface area is 153 Å². The molecular weight excluding hydrogens is 358 g/mol. The van der Waals surface area contributed by atoms with Gasteiger partial charge in [-0.2, -0.15) is 5.10 Å². The van der Waals surface area contributed by atoms with Crippen molar-refractivity contribution in [1.29, 1.82) is 0 Å². The Hall–Kier alpha value is -3.45. The SMILES string of the molecule is O=C(N/N=C/c1ccc(-c2cccc(Cl)c2)o1)c1ccc([N+](=O)[O-])cc1. The predicted molar refractivity (Wildman–Crippen MR) is 97.3 cm³/mol. The summed E-state index contributed by atoms with van der Waals surface area (Å²) in [6, 6.07) is 15.9. The molecular formula is C18H12ClN3O4. The fourth-order valence-electron chi connectivity index (χ4n) is 2.17. The third-order valence-electron chi connectivity index (χ3n) is 3.43. The number of amides is 1. The molecule has 0 fully saturated rings. The van der Waals surface area contributed by atoms with Crippen molar-refractivity contribution in [3.8, 4) is 11.3 Å². The molecule has 0 saturated heterocycles. The molecule has 0 aliphatic heterocycles. The van der Waals surface area contributed by atoms with E-state index in [1.54, 1.807) is 24.3 Å². The minimum atomic E-state index is -0.533. The van der Waals surface area contributed by atoms with Crippen LogP contribution < -0.4 is 5.43 Å². The maximum Gasteiger partial charge on any atom is 0.271 e. The van der Waals surface area contributed by atoms with E-state index < -0.39 is 10.8 Å². The van der Waals surface area contributed by atoms with Gasteiger partial charge in [0.25, 0.3) is 11.6 Å². The number of hydrogen-bond acceptors (Lipinski definition) is 5. The third-order valence-corrected chi connectivity index (χ3v) is 3.67. The summed E-state index contributed by atoms with van der Waals surface area (Å²) < 4.78 is 5.62. The molecule has 0 radical (unpaired) electrons. The van der Waals surface area contributed by atoms with Crippen LogP contribution in [0.1, 0.15) is 16.1 Å². The van der Waals surface area contributed by atoms with Crippen molar-refractivity contribution < 1.29 is 14.1 Å². The third kappa shape index (κ3) is 4.14. The van der Waals surface area contributed by atoms with Gasteiger partial charge < -0.3 is 4.42 Å². The second-order valence-corrected chi connectivity index (χ2v) is 5.65. The molecule has 0 bridgehead atoms. The van der Waals surface area contributed by atoms with Crippen LogP contribution in [0.3, 0.4) is 0 Å². The molecule has 0 spiro atoms. The monoisotopic (exact) mass is 369 g/mol. The molecule has 0 aliphatic carbocycles. The standard InChI is InChI=1S/C18H12ClN3O4/c19-14-3-1-2-13(10-14)17-9-8-16(26-17)11-20-21-18(23)12-4-6-15(7-5-12)22(24)25/h1-11H,(H,21,23)/b20-11+. The lowest BCUT2D eigenvalue weighted by Gasteiger charge is -1.99. The largest absolute Gasteiger partial charge is 0.455 e. The average molecular weight is 370 g/mol. The van der Waals surface area contributed by atoms with Crippen molar-refractivity contribution in [2.45, 2.75) is 0 Å². The van der Waals surface area contributed by atoms with E-state index in [1.807, 2.05) is 12.1 Å². The number of carbonyl (C=O) groups is 1. The zero-order valence-corrected chi connectivity index (χ0v) is 14.0. The quantitative estimate of drug-likeness (QED) is 0.412. The van der Waals surface area contributed by atoms with Crippen molar-refractivity contribution >= 4 is 29.4 Å². The van der Waals surface area contributed by atoms with Gasteiger partial charge in [0.05, 0.1) is 11.1 Å². The van der Waals surface area contributed by atoms with E-state index in [0.717, 1.165) is 5.56 Å². The first-order valence-electron chi connectivity index (χ1n) is 7.46. The molecule has 0 unspecified atom stereocenters. The Balaban J connectivity index is 1.63. The van der Waals surface area contributed by atoms with Gasteiger partial charge in [0, 0.05) is 28.3 Å². The van der Waals surface area contributed by atoms with Gasteiger partial charge in [-0.1, -0.05) is 23.7 Å². The number of hydrogen-bond donors (Lipinski definition) is 1. The number of carbonyl (C=O) groups excluding carboxylic acids is 1. The molecule has 26 heavy (non-hydrogen) atoms. The van der Waals surface area contributed by atoms with Crippen LogP contribution in [-0.2, 0) is 0 Å². The van der Waals surface area contributed by atoms with Crippen molar-refractivity contribution in [1.82, 2.24) is 5.43 Å². The molecule has 1 aromatic heterocycles. The smallest absolute Gasteiger partial charge is 0.271 e. The first-order valence-corrected chi connectivity index (χ1v) is 7.84. The van der Waals surface area contributed by atoms with Crippen LogP contribution in [0.2, 0.25) is 5.02 Å². The number of rotatable bonds is 5. The summed E-state index contributed by atoms with van der Waals surface area (Å²) in [5.74, 6) is 0.581. The van der Waals surface area contributed by atoms with Gasteiger partial charge in [-0.3, -0.25) is 14.9 Å². The first kappa shape index (κ1) is 17.4. The fourth-order valence-corrected chi connectivity index (χ4v) is 2.36. The number of nitrogens with zero attached hydrogens (tertiary/aromatic N) is 2. The Morgan fingerprint density at radius 2 is 1.92 bits per heavy atom. The van der Waals surface area contributed by atoms with Crippen LogP contribution in [0, 0.1) is 10.1 Å². The van der Waals surface area contributed by atoms with Gasteiger partial charge in [-0.05, 0) is 36.4 Å². The molecule has 0 aliphatic rings. The molecule has 1 amide bonds. The van der Waals surface area contributed by atoms with Crippen molar-refractivity contribution in [3.05, 3.63) is 87.1 Å². The molecule has 3 rings (SSSR count). The molecule has 1 N–H and O–H groups in total. The van der Waals surface area contributed by atoms with E-state index in [2.05, 4.69) is 10.5 Å². The Bertz CT molecular complexity index is 980. The van der Waals surface area contributed by atoms with E-state index in [-0.39, 0.29) is 11.3 Å².